The molecule has 1 aromatic heterocycles. The Kier molecular flexibility index (Phi) is 5.87. The number of aromatic nitrogens is 2. The highest BCUT2D eigenvalue weighted by molar-refractivity contribution is 5.94. The van der Waals surface area contributed by atoms with Crippen LogP contribution in [0.5, 0.6) is 0 Å². The molecule has 3 atom stereocenters. The van der Waals surface area contributed by atoms with Crippen molar-refractivity contribution in [3.05, 3.63) is 47.3 Å². The SMILES string of the molecule is Cc1nn(-c2ccccc2)c(C)c1C(=O)O[C@@H](C)C(=O)N1[C@H](C)CCC[C@@H]1C. The van der Waals surface area contributed by atoms with Crippen molar-refractivity contribution in [3.8, 4) is 5.69 Å². The molecule has 1 saturated heterocycles. The minimum absolute atomic E-state index is 0.126. The summed E-state index contributed by atoms with van der Waals surface area (Å²) in [5.74, 6) is -0.630. The third-order valence-corrected chi connectivity index (χ3v) is 5.58. The van der Waals surface area contributed by atoms with Crippen molar-refractivity contribution in [1.82, 2.24) is 14.7 Å². The number of esters is 1. The number of carbonyl (C=O) groups is 2. The van der Waals surface area contributed by atoms with Gasteiger partial charge in [0, 0.05) is 12.1 Å². The highest BCUT2D eigenvalue weighted by Gasteiger charge is 2.34. The average Bonchev–Trinajstić information content (AvgIpc) is 2.96. The second-order valence-corrected chi connectivity index (χ2v) is 7.72. The number of ether oxygens (including phenoxy) is 1. The Balaban J connectivity index is 1.78. The van der Waals surface area contributed by atoms with Crippen molar-refractivity contribution in [2.45, 2.75) is 72.1 Å². The summed E-state index contributed by atoms with van der Waals surface area (Å²) in [4.78, 5) is 27.6. The van der Waals surface area contributed by atoms with Gasteiger partial charge in [0.15, 0.2) is 6.10 Å². The van der Waals surface area contributed by atoms with Crippen LogP contribution >= 0.6 is 0 Å². The van der Waals surface area contributed by atoms with E-state index in [0.29, 0.717) is 17.0 Å². The van der Waals surface area contributed by atoms with Crippen molar-refractivity contribution in [3.63, 3.8) is 0 Å². The molecule has 6 nitrogen and oxygen atoms in total. The van der Waals surface area contributed by atoms with Gasteiger partial charge in [0.05, 0.1) is 17.1 Å². The number of rotatable bonds is 4. The zero-order valence-corrected chi connectivity index (χ0v) is 17.3. The van der Waals surface area contributed by atoms with Gasteiger partial charge >= 0.3 is 5.97 Å². The van der Waals surface area contributed by atoms with Crippen LogP contribution in [0.4, 0.5) is 0 Å². The van der Waals surface area contributed by atoms with Gasteiger partial charge in [-0.05, 0) is 66.0 Å². The molecule has 1 aliphatic rings. The minimum Gasteiger partial charge on any atom is -0.449 e. The van der Waals surface area contributed by atoms with Crippen LogP contribution < -0.4 is 0 Å². The topological polar surface area (TPSA) is 64.4 Å². The summed E-state index contributed by atoms with van der Waals surface area (Å²) in [5.41, 5.74) is 2.59. The first-order valence-electron chi connectivity index (χ1n) is 9.96. The molecule has 150 valence electrons. The molecule has 2 heterocycles. The second kappa shape index (κ2) is 8.17. The number of nitrogens with zero attached hydrogens (tertiary/aromatic N) is 3. The zero-order valence-electron chi connectivity index (χ0n) is 17.3. The molecule has 0 spiro atoms. The van der Waals surface area contributed by atoms with Gasteiger partial charge < -0.3 is 9.64 Å². The normalized spacial score (nSPS) is 20.7. The molecule has 2 aromatic rings. The number of piperidine rings is 1. The summed E-state index contributed by atoms with van der Waals surface area (Å²) >= 11 is 0. The van der Waals surface area contributed by atoms with Gasteiger partial charge in [0.1, 0.15) is 5.56 Å². The first-order chi connectivity index (χ1) is 13.3. The van der Waals surface area contributed by atoms with Crippen LogP contribution in [0.1, 0.15) is 61.8 Å². The van der Waals surface area contributed by atoms with Crippen LogP contribution in [0.3, 0.4) is 0 Å². The number of hydrogen-bond donors (Lipinski definition) is 0. The van der Waals surface area contributed by atoms with E-state index in [4.69, 9.17) is 4.74 Å². The highest BCUT2D eigenvalue weighted by Crippen LogP contribution is 2.25. The van der Waals surface area contributed by atoms with E-state index >= 15 is 0 Å². The number of hydrogen-bond acceptors (Lipinski definition) is 4. The van der Waals surface area contributed by atoms with Crippen LogP contribution in [0, 0.1) is 13.8 Å². The lowest BCUT2D eigenvalue weighted by molar-refractivity contribution is -0.146. The van der Waals surface area contributed by atoms with Crippen molar-refractivity contribution in [2.24, 2.45) is 0 Å². The predicted octanol–water partition coefficient (Wildman–Crippen LogP) is 3.82. The Labute approximate surface area is 166 Å². The number of amides is 1. The molecule has 6 heteroatoms. The lowest BCUT2D eigenvalue weighted by Crippen LogP contribution is -2.51. The Morgan fingerprint density at radius 2 is 1.71 bits per heavy atom. The molecule has 0 aliphatic carbocycles. The standard InChI is InChI=1S/C22H29N3O3/c1-14-10-9-11-15(2)24(14)21(26)18(5)28-22(27)20-16(3)23-25(17(20)4)19-12-7-6-8-13-19/h6-8,12-15,18H,9-11H2,1-5H3/t14-,15+,18-/m0/s1. The molecule has 0 bridgehead atoms. The van der Waals surface area contributed by atoms with Gasteiger partial charge in [-0.1, -0.05) is 18.2 Å². The van der Waals surface area contributed by atoms with E-state index in [1.54, 1.807) is 18.5 Å². The van der Waals surface area contributed by atoms with E-state index in [1.807, 2.05) is 42.2 Å². The number of carbonyl (C=O) groups excluding carboxylic acids is 2. The zero-order chi connectivity index (χ0) is 20.4. The van der Waals surface area contributed by atoms with Crippen molar-refractivity contribution in [2.75, 3.05) is 0 Å². The van der Waals surface area contributed by atoms with E-state index in [-0.39, 0.29) is 18.0 Å². The average molecular weight is 383 g/mol. The van der Waals surface area contributed by atoms with Gasteiger partial charge in [-0.3, -0.25) is 4.79 Å². The molecule has 1 aliphatic heterocycles. The van der Waals surface area contributed by atoms with E-state index in [2.05, 4.69) is 18.9 Å². The summed E-state index contributed by atoms with van der Waals surface area (Å²) in [6.45, 7) is 9.39. The summed E-state index contributed by atoms with van der Waals surface area (Å²) in [5, 5.41) is 4.49. The lowest BCUT2D eigenvalue weighted by Gasteiger charge is -2.40. The third-order valence-electron chi connectivity index (χ3n) is 5.58. The Bertz CT molecular complexity index is 849. The number of aryl methyl sites for hydroxylation is 1. The van der Waals surface area contributed by atoms with E-state index in [9.17, 15) is 9.59 Å². The maximum absolute atomic E-state index is 12.9. The molecule has 0 unspecified atom stereocenters. The van der Waals surface area contributed by atoms with Gasteiger partial charge in [0.2, 0.25) is 0 Å². The fraction of sp³-hybridized carbons (Fsp3) is 0.500. The van der Waals surface area contributed by atoms with Crippen molar-refractivity contribution >= 4 is 11.9 Å². The molecule has 3 rings (SSSR count). The number of likely N-dealkylation sites (tertiary alicyclic amines) is 1. The van der Waals surface area contributed by atoms with Gasteiger partial charge in [-0.2, -0.15) is 5.10 Å². The van der Waals surface area contributed by atoms with E-state index < -0.39 is 12.1 Å². The lowest BCUT2D eigenvalue weighted by atomic mass is 9.97. The minimum atomic E-state index is -0.825. The molecule has 0 saturated carbocycles. The van der Waals surface area contributed by atoms with Crippen LogP contribution in [0.2, 0.25) is 0 Å². The highest BCUT2D eigenvalue weighted by atomic mass is 16.5. The first-order valence-corrected chi connectivity index (χ1v) is 9.96. The molecule has 28 heavy (non-hydrogen) atoms. The number of para-hydroxylation sites is 1. The summed E-state index contributed by atoms with van der Waals surface area (Å²) in [6, 6.07) is 9.97. The molecular formula is C22H29N3O3. The van der Waals surface area contributed by atoms with Crippen LogP contribution in [0.25, 0.3) is 5.69 Å². The van der Waals surface area contributed by atoms with E-state index in [1.165, 1.54) is 0 Å². The van der Waals surface area contributed by atoms with Crippen LogP contribution in [-0.4, -0.2) is 44.7 Å². The van der Waals surface area contributed by atoms with Crippen LogP contribution in [-0.2, 0) is 9.53 Å². The Morgan fingerprint density at radius 3 is 2.32 bits per heavy atom. The molecule has 0 radical (unpaired) electrons. The predicted molar refractivity (Wildman–Crippen MR) is 108 cm³/mol. The van der Waals surface area contributed by atoms with Gasteiger partial charge in [0.25, 0.3) is 5.91 Å². The molecule has 1 fully saturated rings. The maximum atomic E-state index is 12.9. The number of benzene rings is 1. The second-order valence-electron chi connectivity index (χ2n) is 7.72. The van der Waals surface area contributed by atoms with Gasteiger partial charge in [-0.15, -0.1) is 0 Å². The quantitative estimate of drug-likeness (QED) is 0.753. The van der Waals surface area contributed by atoms with Gasteiger partial charge in [-0.25, -0.2) is 9.48 Å². The largest absolute Gasteiger partial charge is 0.449 e. The smallest absolute Gasteiger partial charge is 0.342 e. The summed E-state index contributed by atoms with van der Waals surface area (Å²) in [7, 11) is 0. The maximum Gasteiger partial charge on any atom is 0.342 e. The molecule has 1 amide bonds. The van der Waals surface area contributed by atoms with Crippen molar-refractivity contribution in [1.29, 1.82) is 0 Å². The van der Waals surface area contributed by atoms with Crippen molar-refractivity contribution < 1.29 is 14.3 Å². The Morgan fingerprint density at radius 1 is 1.11 bits per heavy atom. The van der Waals surface area contributed by atoms with Crippen LogP contribution in [0.15, 0.2) is 30.3 Å². The summed E-state index contributed by atoms with van der Waals surface area (Å²) in [6.07, 6.45) is 2.27. The fourth-order valence-electron chi connectivity index (χ4n) is 4.09. The first kappa shape index (κ1) is 20.1. The fourth-order valence-corrected chi connectivity index (χ4v) is 4.09. The summed E-state index contributed by atoms with van der Waals surface area (Å²) < 4.78 is 7.30. The Hall–Kier alpha value is -2.63. The molecule has 0 N–H and O–H groups in total. The third kappa shape index (κ3) is 3.81. The molecule has 1 aromatic carbocycles. The molecular weight excluding hydrogens is 354 g/mol. The monoisotopic (exact) mass is 383 g/mol. The van der Waals surface area contributed by atoms with E-state index in [0.717, 1.165) is 24.9 Å².